The first kappa shape index (κ1) is 28.0. The van der Waals surface area contributed by atoms with E-state index in [0.29, 0.717) is 41.9 Å². The summed E-state index contributed by atoms with van der Waals surface area (Å²) in [6.07, 6.45) is 9.02. The van der Waals surface area contributed by atoms with Gasteiger partial charge in [0.1, 0.15) is 11.6 Å². The van der Waals surface area contributed by atoms with Crippen molar-refractivity contribution in [3.8, 4) is 0 Å². The fraction of sp³-hybridized carbons (Fsp3) is 0.621. The summed E-state index contributed by atoms with van der Waals surface area (Å²) >= 11 is 12.3. The molecule has 9 nitrogen and oxygen atoms in total. The Bertz CT molecular complexity index is 1160. The van der Waals surface area contributed by atoms with E-state index >= 15 is 0 Å². The number of nitrogens with zero attached hydrogens (tertiary/aromatic N) is 2. The Balaban J connectivity index is 1.24. The highest BCUT2D eigenvalue weighted by Crippen LogP contribution is 2.55. The molecule has 2 bridgehead atoms. The lowest BCUT2D eigenvalue weighted by atomic mass is 9.74. The number of ether oxygens (including phenoxy) is 2. The Kier molecular flexibility index (Phi) is 8.12. The molecule has 0 aromatic heterocycles. The Morgan fingerprint density at radius 2 is 1.73 bits per heavy atom. The number of anilines is 1. The number of halogens is 2. The molecule has 11 heteroatoms. The Labute approximate surface area is 244 Å². The first-order valence-corrected chi connectivity index (χ1v) is 15.2. The van der Waals surface area contributed by atoms with Gasteiger partial charge in [0.2, 0.25) is 17.7 Å². The molecule has 3 amide bonds. The number of rotatable bonds is 8. The average Bonchev–Trinajstić information content (AvgIpc) is 3.57. The van der Waals surface area contributed by atoms with Gasteiger partial charge in [0, 0.05) is 48.0 Å². The van der Waals surface area contributed by atoms with E-state index in [1.165, 1.54) is 6.42 Å². The molecule has 1 aromatic carbocycles. The van der Waals surface area contributed by atoms with Crippen molar-refractivity contribution >= 4 is 46.6 Å². The van der Waals surface area contributed by atoms with Crippen LogP contribution in [0.2, 0.25) is 10.0 Å². The monoisotopic (exact) mass is 590 g/mol. The molecule has 0 unspecified atom stereocenters. The summed E-state index contributed by atoms with van der Waals surface area (Å²) in [5.41, 5.74) is -0.726. The maximum absolute atomic E-state index is 14.1. The van der Waals surface area contributed by atoms with Crippen LogP contribution in [0, 0.1) is 11.8 Å². The molecule has 1 aliphatic carbocycles. The number of amides is 3. The van der Waals surface area contributed by atoms with Gasteiger partial charge in [-0.2, -0.15) is 0 Å². The predicted octanol–water partition coefficient (Wildman–Crippen LogP) is 3.25. The van der Waals surface area contributed by atoms with Gasteiger partial charge in [0.05, 0.1) is 31.2 Å². The molecule has 1 spiro atoms. The highest BCUT2D eigenvalue weighted by molar-refractivity contribution is 6.35. The van der Waals surface area contributed by atoms with Crippen molar-refractivity contribution in [2.45, 2.75) is 62.3 Å². The first-order chi connectivity index (χ1) is 19.4. The third-order valence-corrected chi connectivity index (χ3v) is 9.42. The van der Waals surface area contributed by atoms with Crippen LogP contribution in [-0.2, 0) is 23.9 Å². The van der Waals surface area contributed by atoms with Crippen molar-refractivity contribution in [2.24, 2.45) is 11.8 Å². The second kappa shape index (κ2) is 11.6. The lowest BCUT2D eigenvalue weighted by molar-refractivity contribution is -0.141. The number of carbonyl (C=O) groups excluding carboxylic acids is 3. The standard InChI is InChI=1S/C29H36Cl2N4O5/c30-18-15-19(31)17-21(16-18)33-26(36)23-22-7-8-29(40-22)24(23)28(38)35(10-4-9-34-11-13-39-14-12-34)25(29)27(37)32-20-5-2-1-3-6-20/h7-8,15-17,20,22-25H,1-6,9-14H2,(H,32,37)(H,33,36)/t22-,23+,24-,25-,29-/m0/s1. The topological polar surface area (TPSA) is 100 Å². The normalized spacial score (nSPS) is 31.9. The molecular formula is C29H36Cl2N4O5. The summed E-state index contributed by atoms with van der Waals surface area (Å²) in [6.45, 7) is 4.34. The molecule has 5 aliphatic rings. The van der Waals surface area contributed by atoms with Gasteiger partial charge in [-0.05, 0) is 37.5 Å². The molecule has 216 valence electrons. The van der Waals surface area contributed by atoms with Gasteiger partial charge >= 0.3 is 0 Å². The van der Waals surface area contributed by atoms with Crippen LogP contribution in [0.15, 0.2) is 30.4 Å². The van der Waals surface area contributed by atoms with Crippen LogP contribution in [0.1, 0.15) is 38.5 Å². The molecule has 6 rings (SSSR count). The van der Waals surface area contributed by atoms with Gasteiger partial charge in [-0.3, -0.25) is 19.3 Å². The van der Waals surface area contributed by atoms with Crippen LogP contribution in [0.25, 0.3) is 0 Å². The average molecular weight is 592 g/mol. The van der Waals surface area contributed by atoms with Crippen LogP contribution in [0.3, 0.4) is 0 Å². The number of hydrogen-bond donors (Lipinski definition) is 2. The third kappa shape index (κ3) is 5.27. The minimum Gasteiger partial charge on any atom is -0.379 e. The number of morpholine rings is 1. The third-order valence-electron chi connectivity index (χ3n) is 8.98. The number of nitrogens with one attached hydrogen (secondary N) is 2. The fourth-order valence-electron chi connectivity index (χ4n) is 7.18. The quantitative estimate of drug-likeness (QED) is 0.451. The highest BCUT2D eigenvalue weighted by atomic mass is 35.5. The van der Waals surface area contributed by atoms with Crippen molar-refractivity contribution in [1.82, 2.24) is 15.1 Å². The lowest BCUT2D eigenvalue weighted by Gasteiger charge is -2.34. The largest absolute Gasteiger partial charge is 0.379 e. The van der Waals surface area contributed by atoms with E-state index in [2.05, 4.69) is 15.5 Å². The zero-order chi connectivity index (χ0) is 27.9. The predicted molar refractivity (Wildman–Crippen MR) is 151 cm³/mol. The van der Waals surface area contributed by atoms with Crippen molar-refractivity contribution in [3.05, 3.63) is 40.4 Å². The number of carbonyl (C=O) groups is 3. The maximum Gasteiger partial charge on any atom is 0.246 e. The van der Waals surface area contributed by atoms with Crippen LogP contribution in [0.4, 0.5) is 5.69 Å². The van der Waals surface area contributed by atoms with Gasteiger partial charge in [0.25, 0.3) is 0 Å². The SMILES string of the molecule is O=C(Nc1cc(Cl)cc(Cl)c1)[C@@H]1[C@@H]2C=C[C@]3(O2)[C@@H]1C(=O)N(CCCN1CCOCC1)[C@H]3C(=O)NC1CCCCC1. The molecule has 4 fully saturated rings. The molecule has 40 heavy (non-hydrogen) atoms. The second-order valence-corrected chi connectivity index (χ2v) is 12.4. The van der Waals surface area contributed by atoms with Gasteiger partial charge in [-0.15, -0.1) is 0 Å². The lowest BCUT2D eigenvalue weighted by Crippen LogP contribution is -2.56. The van der Waals surface area contributed by atoms with Crippen molar-refractivity contribution in [2.75, 3.05) is 44.7 Å². The van der Waals surface area contributed by atoms with Crippen molar-refractivity contribution in [1.29, 1.82) is 0 Å². The van der Waals surface area contributed by atoms with E-state index in [1.807, 2.05) is 12.2 Å². The van der Waals surface area contributed by atoms with Crippen molar-refractivity contribution in [3.63, 3.8) is 0 Å². The molecule has 2 N–H and O–H groups in total. The second-order valence-electron chi connectivity index (χ2n) is 11.5. The van der Waals surface area contributed by atoms with E-state index in [1.54, 1.807) is 23.1 Å². The van der Waals surface area contributed by atoms with E-state index in [0.717, 1.165) is 45.3 Å². The fourth-order valence-corrected chi connectivity index (χ4v) is 7.70. The minimum absolute atomic E-state index is 0.0938. The minimum atomic E-state index is -1.17. The maximum atomic E-state index is 14.1. The molecule has 1 saturated carbocycles. The molecule has 1 aromatic rings. The van der Waals surface area contributed by atoms with Crippen LogP contribution >= 0.6 is 23.2 Å². The summed E-state index contributed by atoms with van der Waals surface area (Å²) in [6, 6.07) is 4.08. The van der Waals surface area contributed by atoms with Gasteiger partial charge in [-0.25, -0.2) is 0 Å². The summed E-state index contributed by atoms with van der Waals surface area (Å²) < 4.78 is 11.9. The molecule has 4 heterocycles. The van der Waals surface area contributed by atoms with Crippen molar-refractivity contribution < 1.29 is 23.9 Å². The summed E-state index contributed by atoms with van der Waals surface area (Å²) in [5.74, 6) is -2.31. The van der Waals surface area contributed by atoms with Gasteiger partial charge in [-0.1, -0.05) is 54.6 Å². The van der Waals surface area contributed by atoms with E-state index in [4.69, 9.17) is 32.7 Å². The molecule has 5 atom stereocenters. The molecular weight excluding hydrogens is 555 g/mol. The highest BCUT2D eigenvalue weighted by Gasteiger charge is 2.72. The summed E-state index contributed by atoms with van der Waals surface area (Å²) in [5, 5.41) is 6.90. The Hall–Kier alpha value is -2.17. The Morgan fingerprint density at radius 1 is 1.00 bits per heavy atom. The molecule has 3 saturated heterocycles. The van der Waals surface area contributed by atoms with Crippen LogP contribution < -0.4 is 10.6 Å². The summed E-state index contributed by atoms with van der Waals surface area (Å²) in [4.78, 5) is 45.7. The number of likely N-dealkylation sites (tertiary alicyclic amines) is 1. The molecule has 0 radical (unpaired) electrons. The summed E-state index contributed by atoms with van der Waals surface area (Å²) in [7, 11) is 0. The zero-order valence-corrected chi connectivity index (χ0v) is 24.0. The number of benzene rings is 1. The van der Waals surface area contributed by atoms with Crippen LogP contribution in [0.5, 0.6) is 0 Å². The van der Waals surface area contributed by atoms with E-state index in [-0.39, 0.29) is 23.8 Å². The number of fused-ring (bicyclic) bond motifs is 1. The smallest absolute Gasteiger partial charge is 0.246 e. The Morgan fingerprint density at radius 3 is 2.45 bits per heavy atom. The zero-order valence-electron chi connectivity index (χ0n) is 22.5. The van der Waals surface area contributed by atoms with E-state index < -0.39 is 29.6 Å². The first-order valence-electron chi connectivity index (χ1n) is 14.4. The van der Waals surface area contributed by atoms with Gasteiger partial charge < -0.3 is 25.0 Å². The van der Waals surface area contributed by atoms with Gasteiger partial charge in [0.15, 0.2) is 0 Å². The van der Waals surface area contributed by atoms with Crippen LogP contribution in [-0.4, -0.2) is 90.7 Å². The van der Waals surface area contributed by atoms with E-state index in [9.17, 15) is 14.4 Å². The molecule has 4 aliphatic heterocycles. The number of hydrogen-bond acceptors (Lipinski definition) is 6.